The van der Waals surface area contributed by atoms with Crippen molar-refractivity contribution in [3.8, 4) is 5.75 Å². The monoisotopic (exact) mass is 247 g/mol. The summed E-state index contributed by atoms with van der Waals surface area (Å²) in [5.74, 6) is 0.660. The fraction of sp³-hybridized carbons (Fsp3) is 0.154. The molecule has 0 atom stereocenters. The fourth-order valence-corrected chi connectivity index (χ4v) is 2.25. The number of thiophene rings is 1. The van der Waals surface area contributed by atoms with Gasteiger partial charge in [-0.3, -0.25) is 4.79 Å². The number of nitrogens with two attached hydrogens (primary N) is 1. The van der Waals surface area contributed by atoms with E-state index < -0.39 is 0 Å². The highest BCUT2D eigenvalue weighted by Crippen LogP contribution is 2.21. The van der Waals surface area contributed by atoms with Crippen LogP contribution < -0.4 is 10.5 Å². The Labute approximate surface area is 104 Å². The van der Waals surface area contributed by atoms with Crippen LogP contribution in [0.15, 0.2) is 35.0 Å². The van der Waals surface area contributed by atoms with Crippen molar-refractivity contribution in [1.29, 1.82) is 0 Å². The number of hydrogen-bond acceptors (Lipinski definition) is 4. The largest absolute Gasteiger partial charge is 0.497 e. The summed E-state index contributed by atoms with van der Waals surface area (Å²) in [4.78, 5) is 12.1. The van der Waals surface area contributed by atoms with E-state index in [1.54, 1.807) is 36.6 Å². The van der Waals surface area contributed by atoms with E-state index in [9.17, 15) is 4.79 Å². The summed E-state index contributed by atoms with van der Waals surface area (Å²) in [6.45, 7) is 0. The van der Waals surface area contributed by atoms with E-state index in [0.29, 0.717) is 23.4 Å². The number of ether oxygens (including phenoxy) is 1. The molecule has 0 saturated carbocycles. The van der Waals surface area contributed by atoms with Gasteiger partial charge in [0.1, 0.15) is 5.75 Å². The predicted octanol–water partition coefficient (Wildman–Crippen LogP) is 2.76. The van der Waals surface area contributed by atoms with Crippen molar-refractivity contribution in [3.05, 3.63) is 46.2 Å². The minimum absolute atomic E-state index is 0.0137. The zero-order valence-corrected chi connectivity index (χ0v) is 10.3. The lowest BCUT2D eigenvalue weighted by Gasteiger charge is -2.06. The molecule has 4 heteroatoms. The molecule has 0 bridgehead atoms. The fourth-order valence-electron chi connectivity index (χ4n) is 1.58. The zero-order chi connectivity index (χ0) is 12.3. The first-order valence-electron chi connectivity index (χ1n) is 5.18. The molecule has 88 valence electrons. The van der Waals surface area contributed by atoms with E-state index >= 15 is 0 Å². The van der Waals surface area contributed by atoms with Crippen molar-refractivity contribution < 1.29 is 9.53 Å². The van der Waals surface area contributed by atoms with Crippen molar-refractivity contribution >= 4 is 22.8 Å². The van der Waals surface area contributed by atoms with Crippen LogP contribution in [-0.4, -0.2) is 12.9 Å². The molecule has 1 aromatic heterocycles. The number of carbonyl (C=O) groups excluding carboxylic acids is 1. The number of hydrogen-bond donors (Lipinski definition) is 1. The molecule has 0 amide bonds. The quantitative estimate of drug-likeness (QED) is 0.667. The molecule has 0 unspecified atom stereocenters. The maximum absolute atomic E-state index is 12.1. The van der Waals surface area contributed by atoms with Gasteiger partial charge in [-0.15, -0.1) is 0 Å². The van der Waals surface area contributed by atoms with Crippen LogP contribution in [-0.2, 0) is 6.42 Å². The molecule has 0 saturated heterocycles. The highest BCUT2D eigenvalue weighted by Gasteiger charge is 2.12. The van der Waals surface area contributed by atoms with Crippen molar-refractivity contribution in [2.24, 2.45) is 0 Å². The van der Waals surface area contributed by atoms with Crippen LogP contribution in [0.1, 0.15) is 15.9 Å². The molecule has 0 fully saturated rings. The van der Waals surface area contributed by atoms with Crippen LogP contribution in [0.2, 0.25) is 0 Å². The van der Waals surface area contributed by atoms with E-state index in [1.165, 1.54) is 0 Å². The second-order valence-electron chi connectivity index (χ2n) is 3.68. The van der Waals surface area contributed by atoms with Gasteiger partial charge in [-0.2, -0.15) is 11.3 Å². The number of benzene rings is 1. The molecule has 2 rings (SSSR count). The Bertz CT molecular complexity index is 520. The minimum Gasteiger partial charge on any atom is -0.497 e. The van der Waals surface area contributed by atoms with E-state index in [2.05, 4.69) is 0 Å². The Morgan fingerprint density at radius 2 is 2.24 bits per heavy atom. The molecule has 0 spiro atoms. The SMILES string of the molecule is COc1ccc(N)c(C(=O)Cc2ccsc2)c1. The summed E-state index contributed by atoms with van der Waals surface area (Å²) in [6.07, 6.45) is 0.376. The van der Waals surface area contributed by atoms with Gasteiger partial charge in [-0.1, -0.05) is 0 Å². The highest BCUT2D eigenvalue weighted by molar-refractivity contribution is 7.08. The Morgan fingerprint density at radius 3 is 2.88 bits per heavy atom. The van der Waals surface area contributed by atoms with Gasteiger partial charge in [0.2, 0.25) is 0 Å². The summed E-state index contributed by atoms with van der Waals surface area (Å²) >= 11 is 1.58. The second kappa shape index (κ2) is 5.01. The molecule has 1 aromatic carbocycles. The van der Waals surface area contributed by atoms with Crippen LogP contribution >= 0.6 is 11.3 Å². The van der Waals surface area contributed by atoms with Gasteiger partial charge in [0.05, 0.1) is 7.11 Å². The molecule has 0 aliphatic rings. The number of anilines is 1. The van der Waals surface area contributed by atoms with Crippen LogP contribution in [0.4, 0.5) is 5.69 Å². The molecule has 0 aliphatic carbocycles. The Hall–Kier alpha value is -1.81. The van der Waals surface area contributed by atoms with Crippen LogP contribution in [0.3, 0.4) is 0 Å². The van der Waals surface area contributed by atoms with Crippen LogP contribution in [0, 0.1) is 0 Å². The lowest BCUT2D eigenvalue weighted by Crippen LogP contribution is -2.06. The third-order valence-electron chi connectivity index (χ3n) is 2.51. The van der Waals surface area contributed by atoms with Crippen molar-refractivity contribution in [2.75, 3.05) is 12.8 Å². The Kier molecular flexibility index (Phi) is 3.44. The van der Waals surface area contributed by atoms with Crippen molar-refractivity contribution in [1.82, 2.24) is 0 Å². The predicted molar refractivity (Wildman–Crippen MR) is 69.8 cm³/mol. The molecular formula is C13H13NO2S. The summed E-state index contributed by atoms with van der Waals surface area (Å²) in [5.41, 5.74) is 7.83. The van der Waals surface area contributed by atoms with E-state index in [1.807, 2.05) is 16.8 Å². The molecule has 0 radical (unpaired) electrons. The van der Waals surface area contributed by atoms with Crippen LogP contribution in [0.25, 0.3) is 0 Å². The third kappa shape index (κ3) is 2.65. The molecule has 2 N–H and O–H groups in total. The lowest BCUT2D eigenvalue weighted by atomic mass is 10.0. The minimum atomic E-state index is 0.0137. The van der Waals surface area contributed by atoms with Crippen molar-refractivity contribution in [3.63, 3.8) is 0 Å². The van der Waals surface area contributed by atoms with Gasteiger partial charge in [-0.25, -0.2) is 0 Å². The topological polar surface area (TPSA) is 52.3 Å². The number of carbonyl (C=O) groups is 1. The number of rotatable bonds is 4. The first-order valence-corrected chi connectivity index (χ1v) is 6.13. The van der Waals surface area contributed by atoms with Crippen LogP contribution in [0.5, 0.6) is 5.75 Å². The number of nitrogen functional groups attached to an aromatic ring is 1. The van der Waals surface area contributed by atoms with E-state index in [-0.39, 0.29) is 5.78 Å². The van der Waals surface area contributed by atoms with Gasteiger partial charge in [0.25, 0.3) is 0 Å². The second-order valence-corrected chi connectivity index (χ2v) is 4.46. The van der Waals surface area contributed by atoms with Crippen molar-refractivity contribution in [2.45, 2.75) is 6.42 Å². The number of Topliss-reactive ketones (excluding diaryl/α,β-unsaturated/α-hetero) is 1. The molecule has 3 nitrogen and oxygen atoms in total. The average molecular weight is 247 g/mol. The molecule has 17 heavy (non-hydrogen) atoms. The zero-order valence-electron chi connectivity index (χ0n) is 9.47. The Morgan fingerprint density at radius 1 is 1.41 bits per heavy atom. The molecular weight excluding hydrogens is 234 g/mol. The molecule has 1 heterocycles. The van der Waals surface area contributed by atoms with Gasteiger partial charge < -0.3 is 10.5 Å². The first kappa shape index (κ1) is 11.7. The first-order chi connectivity index (χ1) is 8.20. The summed E-state index contributed by atoms with van der Waals surface area (Å²) in [5, 5.41) is 3.92. The number of methoxy groups -OCH3 is 1. The van der Waals surface area contributed by atoms with E-state index in [4.69, 9.17) is 10.5 Å². The van der Waals surface area contributed by atoms with Gasteiger partial charge in [0, 0.05) is 17.7 Å². The van der Waals surface area contributed by atoms with Gasteiger partial charge >= 0.3 is 0 Å². The summed E-state index contributed by atoms with van der Waals surface area (Å²) < 4.78 is 5.09. The maximum atomic E-state index is 12.1. The normalized spacial score (nSPS) is 10.2. The van der Waals surface area contributed by atoms with Gasteiger partial charge in [0.15, 0.2) is 5.78 Å². The Balaban J connectivity index is 2.24. The smallest absolute Gasteiger partial charge is 0.169 e. The van der Waals surface area contributed by atoms with Gasteiger partial charge in [-0.05, 0) is 40.6 Å². The summed E-state index contributed by atoms with van der Waals surface area (Å²) in [7, 11) is 1.57. The molecule has 0 aliphatic heterocycles. The summed E-state index contributed by atoms with van der Waals surface area (Å²) in [6, 6.07) is 7.07. The maximum Gasteiger partial charge on any atom is 0.169 e. The third-order valence-corrected chi connectivity index (χ3v) is 3.24. The standard InChI is InChI=1S/C13H13NO2S/c1-16-10-2-3-12(14)11(7-10)13(15)6-9-4-5-17-8-9/h2-5,7-8H,6,14H2,1H3. The number of ketones is 1. The highest BCUT2D eigenvalue weighted by atomic mass is 32.1. The average Bonchev–Trinajstić information content (AvgIpc) is 2.82. The molecule has 2 aromatic rings. The van der Waals surface area contributed by atoms with E-state index in [0.717, 1.165) is 5.56 Å². The lowest BCUT2D eigenvalue weighted by molar-refractivity contribution is 0.0993.